The minimum atomic E-state index is -0.558. The van der Waals surface area contributed by atoms with Gasteiger partial charge in [-0.2, -0.15) is 0 Å². The van der Waals surface area contributed by atoms with Crippen molar-refractivity contribution in [2.24, 2.45) is 17.8 Å². The number of anilines is 1. The molecule has 9 nitrogen and oxygen atoms in total. The summed E-state index contributed by atoms with van der Waals surface area (Å²) in [6.45, 7) is 2.51. The first-order valence-electron chi connectivity index (χ1n) is 18.0. The zero-order valence-electron chi connectivity index (χ0n) is 28.7. The van der Waals surface area contributed by atoms with Gasteiger partial charge in [-0.05, 0) is 109 Å². The van der Waals surface area contributed by atoms with Crippen LogP contribution in [0.1, 0.15) is 85.2 Å². The Hall–Kier alpha value is -3.63. The molecular formula is C40H49N3O6. The van der Waals surface area contributed by atoms with E-state index in [1.54, 1.807) is 14.2 Å². The largest absolute Gasteiger partial charge is 0.493 e. The Balaban J connectivity index is 0.952. The highest BCUT2D eigenvalue weighted by Crippen LogP contribution is 2.55. The van der Waals surface area contributed by atoms with Gasteiger partial charge in [-0.15, -0.1) is 0 Å². The second kappa shape index (κ2) is 13.6. The van der Waals surface area contributed by atoms with Crippen LogP contribution in [0, 0.1) is 17.8 Å². The maximum Gasteiger partial charge on any atom is 0.319 e. The molecule has 0 aromatic heterocycles. The van der Waals surface area contributed by atoms with Gasteiger partial charge in [0.25, 0.3) is 0 Å². The molecule has 6 aliphatic rings. The highest BCUT2D eigenvalue weighted by Gasteiger charge is 2.51. The summed E-state index contributed by atoms with van der Waals surface area (Å²) >= 11 is 0. The molecule has 3 N–H and O–H groups in total. The lowest BCUT2D eigenvalue weighted by Gasteiger charge is -2.56. The molecule has 2 amide bonds. The number of benzene rings is 3. The fraction of sp³-hybridized carbons (Fsp3) is 0.525. The maximum absolute atomic E-state index is 13.2. The van der Waals surface area contributed by atoms with Crippen molar-refractivity contribution in [2.75, 3.05) is 32.6 Å². The molecule has 3 aromatic rings. The molecule has 2 heterocycles. The Morgan fingerprint density at radius 1 is 0.857 bits per heavy atom. The zero-order chi connectivity index (χ0) is 33.5. The Morgan fingerprint density at radius 2 is 1.49 bits per heavy atom. The van der Waals surface area contributed by atoms with Crippen molar-refractivity contribution < 1.29 is 28.8 Å². The van der Waals surface area contributed by atoms with Crippen LogP contribution in [0.5, 0.6) is 11.5 Å². The molecule has 0 spiro atoms. The average Bonchev–Trinajstić information content (AvgIpc) is 3.10. The van der Waals surface area contributed by atoms with Gasteiger partial charge in [-0.1, -0.05) is 36.4 Å². The summed E-state index contributed by atoms with van der Waals surface area (Å²) in [5.41, 5.74) is 6.12. The lowest BCUT2D eigenvalue weighted by atomic mass is 9.53. The monoisotopic (exact) mass is 667 g/mol. The SMILES string of the molecule is COc1cc2c(cc1OC)CN(C[C@@H]1C[C@H](c3ccc(CO)cc3)O[C@H](c3ccc(NC(=O)NC45CC6CC(CC(C6)C4)C5)cc3)O1)CC2. The summed E-state index contributed by atoms with van der Waals surface area (Å²) in [7, 11) is 3.35. The summed E-state index contributed by atoms with van der Waals surface area (Å²) in [6, 6.07) is 20.0. The van der Waals surface area contributed by atoms with Crippen LogP contribution in [0.15, 0.2) is 60.7 Å². The van der Waals surface area contributed by atoms with Gasteiger partial charge in [-0.3, -0.25) is 4.90 Å². The summed E-state index contributed by atoms with van der Waals surface area (Å²) in [5.74, 6) is 3.85. The van der Waals surface area contributed by atoms with Gasteiger partial charge in [-0.25, -0.2) is 4.79 Å². The molecule has 4 saturated carbocycles. The standard InChI is InChI=1S/C40H49N3O6/c1-46-36-16-31-11-12-43(22-32(31)17-37(36)47-2)23-34-18-35(29-5-3-25(24-44)4-6-29)49-38(48-34)30-7-9-33(10-8-30)41-39(45)42-40-19-26-13-27(20-40)15-28(14-26)21-40/h3-10,16-17,26-28,34-35,38,44H,11-15,18-24H2,1-2H3,(H2,41,42,45)/t26?,27?,28?,34-,35+,38+,40?/m0/s1. The molecule has 3 aromatic carbocycles. The van der Waals surface area contributed by atoms with Crippen molar-refractivity contribution in [3.63, 3.8) is 0 Å². The van der Waals surface area contributed by atoms with Gasteiger partial charge in [0.05, 0.1) is 33.0 Å². The van der Waals surface area contributed by atoms with E-state index in [1.807, 2.05) is 48.5 Å². The van der Waals surface area contributed by atoms with Crippen molar-refractivity contribution in [3.8, 4) is 11.5 Å². The third kappa shape index (κ3) is 6.91. The number of rotatable bonds is 9. The zero-order valence-corrected chi connectivity index (χ0v) is 28.7. The molecule has 4 bridgehead atoms. The van der Waals surface area contributed by atoms with Crippen LogP contribution in [0.2, 0.25) is 0 Å². The Morgan fingerprint density at radius 3 is 2.12 bits per heavy atom. The van der Waals surface area contributed by atoms with E-state index >= 15 is 0 Å². The van der Waals surface area contributed by atoms with Crippen molar-refractivity contribution >= 4 is 11.7 Å². The molecule has 4 aliphatic carbocycles. The number of methoxy groups -OCH3 is 2. The van der Waals surface area contributed by atoms with E-state index in [0.29, 0.717) is 6.42 Å². The van der Waals surface area contributed by atoms with Gasteiger partial charge in [0.2, 0.25) is 0 Å². The number of fused-ring (bicyclic) bond motifs is 1. The number of urea groups is 1. The fourth-order valence-electron chi connectivity index (χ4n) is 9.81. The number of carbonyl (C=O) groups excluding carboxylic acids is 1. The summed E-state index contributed by atoms with van der Waals surface area (Å²) < 4.78 is 24.4. The minimum absolute atomic E-state index is 0.00814. The Bertz CT molecular complexity index is 1610. The Kier molecular flexibility index (Phi) is 9.03. The van der Waals surface area contributed by atoms with E-state index in [0.717, 1.165) is 96.9 Å². The minimum Gasteiger partial charge on any atom is -0.493 e. The highest BCUT2D eigenvalue weighted by molar-refractivity contribution is 5.89. The lowest BCUT2D eigenvalue weighted by molar-refractivity contribution is -0.253. The first kappa shape index (κ1) is 32.6. The molecule has 260 valence electrons. The third-order valence-electron chi connectivity index (χ3n) is 11.7. The van der Waals surface area contributed by atoms with Crippen molar-refractivity contribution in [3.05, 3.63) is 88.5 Å². The molecule has 2 aliphatic heterocycles. The molecule has 49 heavy (non-hydrogen) atoms. The van der Waals surface area contributed by atoms with Gasteiger partial charge < -0.3 is 34.7 Å². The normalized spacial score (nSPS) is 30.4. The maximum atomic E-state index is 13.2. The number of carbonyl (C=O) groups is 1. The molecule has 9 rings (SSSR count). The van der Waals surface area contributed by atoms with E-state index in [4.69, 9.17) is 18.9 Å². The number of aliphatic hydroxyl groups excluding tert-OH is 1. The van der Waals surface area contributed by atoms with E-state index in [9.17, 15) is 9.90 Å². The molecule has 3 atom stereocenters. The number of ether oxygens (including phenoxy) is 4. The predicted molar refractivity (Wildman–Crippen MR) is 186 cm³/mol. The number of hydrogen-bond acceptors (Lipinski definition) is 7. The second-order valence-electron chi connectivity index (χ2n) is 15.2. The van der Waals surface area contributed by atoms with Crippen LogP contribution in [0.4, 0.5) is 10.5 Å². The molecule has 0 radical (unpaired) electrons. The van der Waals surface area contributed by atoms with Crippen LogP contribution in [-0.4, -0.2) is 55.0 Å². The lowest BCUT2D eigenvalue weighted by Crippen LogP contribution is -2.60. The van der Waals surface area contributed by atoms with Gasteiger partial charge in [0.15, 0.2) is 17.8 Å². The third-order valence-corrected chi connectivity index (χ3v) is 11.7. The van der Waals surface area contributed by atoms with Crippen LogP contribution in [-0.2, 0) is 29.0 Å². The quantitative estimate of drug-likeness (QED) is 0.229. The average molecular weight is 668 g/mol. The topological polar surface area (TPSA) is 102 Å². The molecule has 9 heteroatoms. The molecule has 5 fully saturated rings. The number of aliphatic hydroxyl groups is 1. The van der Waals surface area contributed by atoms with Crippen molar-refractivity contribution in [1.29, 1.82) is 0 Å². The van der Waals surface area contributed by atoms with Gasteiger partial charge >= 0.3 is 6.03 Å². The second-order valence-corrected chi connectivity index (χ2v) is 15.2. The first-order chi connectivity index (χ1) is 23.9. The van der Waals surface area contributed by atoms with Crippen molar-refractivity contribution in [2.45, 2.75) is 88.6 Å². The van der Waals surface area contributed by atoms with Gasteiger partial charge in [0.1, 0.15) is 0 Å². The van der Waals surface area contributed by atoms with Crippen LogP contribution < -0.4 is 20.1 Å². The Labute approximate surface area is 289 Å². The number of amides is 2. The summed E-state index contributed by atoms with van der Waals surface area (Å²) in [4.78, 5) is 15.6. The number of nitrogens with one attached hydrogen (secondary N) is 2. The van der Waals surface area contributed by atoms with E-state index < -0.39 is 6.29 Å². The van der Waals surface area contributed by atoms with E-state index in [2.05, 4.69) is 27.7 Å². The summed E-state index contributed by atoms with van der Waals surface area (Å²) in [5, 5.41) is 16.1. The first-order valence-corrected chi connectivity index (χ1v) is 18.0. The van der Waals surface area contributed by atoms with E-state index in [1.165, 1.54) is 30.4 Å². The van der Waals surface area contributed by atoms with E-state index in [-0.39, 0.29) is 30.4 Å². The summed E-state index contributed by atoms with van der Waals surface area (Å²) in [6.07, 6.45) is 8.28. The van der Waals surface area contributed by atoms with Gasteiger partial charge in [0, 0.05) is 42.8 Å². The highest BCUT2D eigenvalue weighted by atomic mass is 16.7. The predicted octanol–water partition coefficient (Wildman–Crippen LogP) is 6.89. The number of nitrogens with zero attached hydrogens (tertiary/aromatic N) is 1. The van der Waals surface area contributed by atoms with Crippen LogP contribution in [0.25, 0.3) is 0 Å². The fourth-order valence-corrected chi connectivity index (χ4v) is 9.81. The number of hydrogen-bond donors (Lipinski definition) is 3. The smallest absolute Gasteiger partial charge is 0.319 e. The van der Waals surface area contributed by atoms with Crippen LogP contribution >= 0.6 is 0 Å². The molecule has 0 unspecified atom stereocenters. The molecular weight excluding hydrogens is 618 g/mol. The van der Waals surface area contributed by atoms with Crippen LogP contribution in [0.3, 0.4) is 0 Å². The molecule has 1 saturated heterocycles. The van der Waals surface area contributed by atoms with Crippen molar-refractivity contribution in [1.82, 2.24) is 10.2 Å².